The Morgan fingerprint density at radius 2 is 0.796 bits per heavy atom. The first-order chi connectivity index (χ1) is 24.3. The summed E-state index contributed by atoms with van der Waals surface area (Å²) in [6, 6.07) is 59.9. The maximum absolute atomic E-state index is 5.07. The van der Waals surface area contributed by atoms with Crippen LogP contribution in [0, 0.1) is 0 Å². The van der Waals surface area contributed by atoms with Gasteiger partial charge < -0.3 is 4.57 Å². The summed E-state index contributed by atoms with van der Waals surface area (Å²) < 4.78 is 2.36. The summed E-state index contributed by atoms with van der Waals surface area (Å²) in [5, 5.41) is 9.70. The molecule has 0 fully saturated rings. The number of rotatable bonds is 4. The summed E-state index contributed by atoms with van der Waals surface area (Å²) in [6.45, 7) is 0. The molecule has 10 aromatic rings. The molecule has 0 saturated heterocycles. The molecule has 0 aliphatic heterocycles. The van der Waals surface area contributed by atoms with E-state index >= 15 is 0 Å². The monoisotopic (exact) mass is 624 g/mol. The second kappa shape index (κ2) is 11.0. The highest BCUT2D eigenvalue weighted by Crippen LogP contribution is 2.37. The van der Waals surface area contributed by atoms with Gasteiger partial charge in [-0.1, -0.05) is 121 Å². The first-order valence-corrected chi connectivity index (χ1v) is 16.5. The van der Waals surface area contributed by atoms with Gasteiger partial charge in [0.05, 0.1) is 11.0 Å². The lowest BCUT2D eigenvalue weighted by molar-refractivity contribution is 1.07. The SMILES string of the molecule is c1ccc2cc(-c3nc(-c4ccc(-n5c6ccccc6c6c7ccccc7ccc65)cc4)nc(-c4ccc5ccccc5c4)n3)ccc2c1. The third-order valence-corrected chi connectivity index (χ3v) is 9.60. The molecule has 2 aromatic heterocycles. The Kier molecular flexibility index (Phi) is 6.15. The molecule has 0 N–H and O–H groups in total. The molecule has 2 heterocycles. The number of hydrogen-bond donors (Lipinski definition) is 0. The van der Waals surface area contributed by atoms with Crippen LogP contribution >= 0.6 is 0 Å². The van der Waals surface area contributed by atoms with Gasteiger partial charge in [-0.2, -0.15) is 0 Å². The topological polar surface area (TPSA) is 43.6 Å². The molecule has 0 saturated carbocycles. The zero-order chi connectivity index (χ0) is 32.3. The molecule has 8 aromatic carbocycles. The summed E-state index contributed by atoms with van der Waals surface area (Å²) in [5.74, 6) is 1.94. The molecule has 4 heteroatoms. The minimum Gasteiger partial charge on any atom is -0.309 e. The van der Waals surface area contributed by atoms with Gasteiger partial charge in [0, 0.05) is 33.2 Å². The first kappa shape index (κ1) is 27.5. The highest BCUT2D eigenvalue weighted by Gasteiger charge is 2.16. The highest BCUT2D eigenvalue weighted by molar-refractivity contribution is 6.21. The van der Waals surface area contributed by atoms with Gasteiger partial charge in [0.15, 0.2) is 17.5 Å². The quantitative estimate of drug-likeness (QED) is 0.196. The van der Waals surface area contributed by atoms with Gasteiger partial charge >= 0.3 is 0 Å². The van der Waals surface area contributed by atoms with E-state index in [1.165, 1.54) is 43.4 Å². The van der Waals surface area contributed by atoms with Crippen molar-refractivity contribution in [2.75, 3.05) is 0 Å². The fourth-order valence-corrected chi connectivity index (χ4v) is 7.20. The molecule has 228 valence electrons. The number of benzene rings is 8. The van der Waals surface area contributed by atoms with Crippen molar-refractivity contribution in [3.63, 3.8) is 0 Å². The van der Waals surface area contributed by atoms with E-state index in [-0.39, 0.29) is 0 Å². The third-order valence-electron chi connectivity index (χ3n) is 9.60. The fourth-order valence-electron chi connectivity index (χ4n) is 7.20. The summed E-state index contributed by atoms with van der Waals surface area (Å²) in [6.07, 6.45) is 0. The van der Waals surface area contributed by atoms with Crippen LogP contribution in [0.4, 0.5) is 0 Å². The third kappa shape index (κ3) is 4.57. The lowest BCUT2D eigenvalue weighted by atomic mass is 10.0. The average Bonchev–Trinajstić information content (AvgIpc) is 3.52. The van der Waals surface area contributed by atoms with Crippen LogP contribution in [0.15, 0.2) is 170 Å². The van der Waals surface area contributed by atoms with Crippen molar-refractivity contribution < 1.29 is 0 Å². The van der Waals surface area contributed by atoms with E-state index in [0.29, 0.717) is 17.5 Å². The number of hydrogen-bond acceptors (Lipinski definition) is 3. The predicted molar refractivity (Wildman–Crippen MR) is 203 cm³/mol. The van der Waals surface area contributed by atoms with Crippen molar-refractivity contribution in [3.8, 4) is 39.9 Å². The lowest BCUT2D eigenvalue weighted by Crippen LogP contribution is -2.00. The summed E-state index contributed by atoms with van der Waals surface area (Å²) in [7, 11) is 0. The Labute approximate surface area is 282 Å². The minimum atomic E-state index is 0.640. The van der Waals surface area contributed by atoms with Crippen molar-refractivity contribution in [3.05, 3.63) is 170 Å². The van der Waals surface area contributed by atoms with Gasteiger partial charge in [0.1, 0.15) is 0 Å². The van der Waals surface area contributed by atoms with Crippen molar-refractivity contribution in [2.45, 2.75) is 0 Å². The summed E-state index contributed by atoms with van der Waals surface area (Å²) in [4.78, 5) is 15.2. The van der Waals surface area contributed by atoms with E-state index in [9.17, 15) is 0 Å². The molecular formula is C45H28N4. The molecule has 0 unspecified atom stereocenters. The molecular weight excluding hydrogens is 597 g/mol. The van der Waals surface area contributed by atoms with Crippen LogP contribution in [0.5, 0.6) is 0 Å². The van der Waals surface area contributed by atoms with Crippen molar-refractivity contribution in [2.24, 2.45) is 0 Å². The largest absolute Gasteiger partial charge is 0.309 e. The van der Waals surface area contributed by atoms with Crippen molar-refractivity contribution in [1.29, 1.82) is 0 Å². The zero-order valence-corrected chi connectivity index (χ0v) is 26.5. The molecule has 0 aliphatic rings. The Hall–Kier alpha value is -6.65. The van der Waals surface area contributed by atoms with E-state index < -0.39 is 0 Å². The average molecular weight is 625 g/mol. The van der Waals surface area contributed by atoms with Crippen LogP contribution in [0.1, 0.15) is 0 Å². The Morgan fingerprint density at radius 1 is 0.327 bits per heavy atom. The van der Waals surface area contributed by atoms with Gasteiger partial charge in [-0.3, -0.25) is 0 Å². The van der Waals surface area contributed by atoms with Gasteiger partial charge in [-0.05, 0) is 80.8 Å². The van der Waals surface area contributed by atoms with E-state index in [1.54, 1.807) is 0 Å². The number of fused-ring (bicyclic) bond motifs is 7. The van der Waals surface area contributed by atoms with Crippen LogP contribution in [-0.2, 0) is 0 Å². The molecule has 49 heavy (non-hydrogen) atoms. The van der Waals surface area contributed by atoms with Crippen LogP contribution in [-0.4, -0.2) is 19.5 Å². The molecule has 0 aliphatic carbocycles. The van der Waals surface area contributed by atoms with Gasteiger partial charge in [0.2, 0.25) is 0 Å². The van der Waals surface area contributed by atoms with E-state index in [2.05, 4.69) is 174 Å². The number of nitrogens with zero attached hydrogens (tertiary/aromatic N) is 4. The number of aromatic nitrogens is 4. The molecule has 0 atom stereocenters. The standard InChI is InChI=1S/C45H28N4/c1-3-12-33-27-35(19-17-29(33)9-1)44-46-43(47-45(48-44)36-20-18-30-10-2-4-13-34(30)28-36)32-21-24-37(25-22-32)49-40-16-8-7-15-39(40)42-38-14-6-5-11-31(38)23-26-41(42)49/h1-28H. The van der Waals surface area contributed by atoms with Crippen LogP contribution in [0.25, 0.3) is 94.0 Å². The summed E-state index contributed by atoms with van der Waals surface area (Å²) in [5.41, 5.74) is 6.30. The van der Waals surface area contributed by atoms with Gasteiger partial charge in [-0.25, -0.2) is 15.0 Å². The van der Waals surface area contributed by atoms with Crippen molar-refractivity contribution >= 4 is 54.1 Å². The summed E-state index contributed by atoms with van der Waals surface area (Å²) >= 11 is 0. The Bertz CT molecular complexity index is 2790. The second-order valence-electron chi connectivity index (χ2n) is 12.5. The molecule has 10 rings (SSSR count). The minimum absolute atomic E-state index is 0.640. The van der Waals surface area contributed by atoms with E-state index in [4.69, 9.17) is 15.0 Å². The highest BCUT2D eigenvalue weighted by atomic mass is 15.0. The van der Waals surface area contributed by atoms with Gasteiger partial charge in [0.25, 0.3) is 0 Å². The van der Waals surface area contributed by atoms with Gasteiger partial charge in [-0.15, -0.1) is 0 Å². The molecule has 0 spiro atoms. The zero-order valence-electron chi connectivity index (χ0n) is 26.5. The first-order valence-electron chi connectivity index (χ1n) is 16.5. The van der Waals surface area contributed by atoms with E-state index in [1.807, 2.05) is 0 Å². The normalized spacial score (nSPS) is 11.7. The molecule has 0 amide bonds. The molecule has 0 bridgehead atoms. The Morgan fingerprint density at radius 3 is 1.43 bits per heavy atom. The maximum Gasteiger partial charge on any atom is 0.164 e. The molecule has 0 radical (unpaired) electrons. The van der Waals surface area contributed by atoms with Crippen LogP contribution < -0.4 is 0 Å². The lowest BCUT2D eigenvalue weighted by Gasteiger charge is -2.11. The molecule has 4 nitrogen and oxygen atoms in total. The maximum atomic E-state index is 5.07. The van der Waals surface area contributed by atoms with Crippen LogP contribution in [0.3, 0.4) is 0 Å². The second-order valence-corrected chi connectivity index (χ2v) is 12.5. The van der Waals surface area contributed by atoms with E-state index in [0.717, 1.165) is 33.2 Å². The van der Waals surface area contributed by atoms with Crippen molar-refractivity contribution in [1.82, 2.24) is 19.5 Å². The number of para-hydroxylation sites is 1. The van der Waals surface area contributed by atoms with Crippen LogP contribution in [0.2, 0.25) is 0 Å². The predicted octanol–water partition coefficient (Wildman–Crippen LogP) is 11.4. The smallest absolute Gasteiger partial charge is 0.164 e. The fraction of sp³-hybridized carbons (Fsp3) is 0. The Balaban J connectivity index is 1.13.